The molecule has 0 aliphatic carbocycles. The lowest BCUT2D eigenvalue weighted by molar-refractivity contribution is -0.870. The van der Waals surface area contributed by atoms with Gasteiger partial charge in [0.2, 0.25) is 5.91 Å². The third-order valence-corrected chi connectivity index (χ3v) is 13.6. The molecule has 0 rings (SSSR count). The van der Waals surface area contributed by atoms with Crippen molar-refractivity contribution in [2.24, 2.45) is 0 Å². The van der Waals surface area contributed by atoms with Crippen LogP contribution in [0.15, 0.2) is 0 Å². The second kappa shape index (κ2) is 44.7. The predicted octanol–water partition coefficient (Wildman–Crippen LogP) is 15.7. The average molecular weight is 888 g/mol. The molecule has 9 heteroatoms. The van der Waals surface area contributed by atoms with Gasteiger partial charge in [-0.2, -0.15) is 0 Å². The number of quaternary nitrogens is 1. The fourth-order valence-corrected chi connectivity index (χ4v) is 9.08. The van der Waals surface area contributed by atoms with Crippen LogP contribution in [0.4, 0.5) is 0 Å². The van der Waals surface area contributed by atoms with Crippen molar-refractivity contribution in [1.82, 2.24) is 5.32 Å². The first kappa shape index (κ1) is 60.5. The molecule has 3 N–H and O–H groups in total. The third-order valence-electron chi connectivity index (χ3n) is 12.6. The van der Waals surface area contributed by atoms with E-state index in [2.05, 4.69) is 19.2 Å². The molecular formula is C52H108N2O6P+. The molecule has 0 saturated carbocycles. The van der Waals surface area contributed by atoms with Crippen LogP contribution in [0.3, 0.4) is 0 Å². The van der Waals surface area contributed by atoms with Crippen LogP contribution in [-0.4, -0.2) is 73.4 Å². The summed E-state index contributed by atoms with van der Waals surface area (Å²) in [7, 11) is 1.63. The molecule has 0 aliphatic heterocycles. The molecule has 0 aromatic rings. The van der Waals surface area contributed by atoms with Crippen LogP contribution in [0, 0.1) is 0 Å². The highest BCUT2D eigenvalue weighted by molar-refractivity contribution is 7.47. The summed E-state index contributed by atoms with van der Waals surface area (Å²) in [6.45, 7) is 4.91. The average Bonchev–Trinajstić information content (AvgIpc) is 3.21. The van der Waals surface area contributed by atoms with E-state index in [1.54, 1.807) is 0 Å². The molecule has 0 radical (unpaired) electrons. The van der Waals surface area contributed by atoms with Gasteiger partial charge in [0.05, 0.1) is 39.9 Å². The SMILES string of the molecule is CCCCCCCCCCCCCCCCCCCCCCCCCCCCCCC(=O)N[C@@H](COP(=O)(O)OCC[N+](C)(C)C)[C@H](O)CCCCCCCCCCCCC. The minimum atomic E-state index is -4.31. The van der Waals surface area contributed by atoms with Crippen LogP contribution in [0.2, 0.25) is 0 Å². The quantitative estimate of drug-likeness (QED) is 0.0319. The summed E-state index contributed by atoms with van der Waals surface area (Å²) in [6, 6.07) is -0.753. The topological polar surface area (TPSA) is 105 Å². The maximum Gasteiger partial charge on any atom is 0.472 e. The zero-order valence-corrected chi connectivity index (χ0v) is 42.6. The molecule has 0 aliphatic rings. The largest absolute Gasteiger partial charge is 0.472 e. The van der Waals surface area contributed by atoms with Gasteiger partial charge in [-0.25, -0.2) is 4.57 Å². The van der Waals surface area contributed by atoms with Gasteiger partial charge in [0.1, 0.15) is 13.2 Å². The molecule has 0 saturated heterocycles. The van der Waals surface area contributed by atoms with Crippen molar-refractivity contribution >= 4 is 13.7 Å². The Labute approximate surface area is 380 Å². The Morgan fingerprint density at radius 1 is 0.492 bits per heavy atom. The van der Waals surface area contributed by atoms with E-state index in [9.17, 15) is 19.4 Å². The number of likely N-dealkylation sites (N-methyl/N-ethyl adjacent to an activating group) is 1. The van der Waals surface area contributed by atoms with Crippen molar-refractivity contribution < 1.29 is 32.9 Å². The maximum absolute atomic E-state index is 12.9. The van der Waals surface area contributed by atoms with Crippen LogP contribution in [0.1, 0.15) is 277 Å². The van der Waals surface area contributed by atoms with Crippen molar-refractivity contribution in [3.63, 3.8) is 0 Å². The molecule has 0 heterocycles. The summed E-state index contributed by atoms with van der Waals surface area (Å²) < 4.78 is 23.7. The number of hydrogen-bond donors (Lipinski definition) is 3. The fraction of sp³-hybridized carbons (Fsp3) is 0.981. The standard InChI is InChI=1S/C52H107N2O6P/c1-6-8-10-12-14-16-18-19-20-21-22-23-24-25-26-27-28-29-30-31-32-33-34-36-38-40-42-44-46-52(56)53-50(49-60-61(57,58)59-48-47-54(3,4)5)51(55)45-43-41-39-37-35-17-15-13-11-9-7-2/h50-51,55H,6-49H2,1-5H3,(H-,53,56,57,58)/p+1/t50-,51+/m0/s1. The molecule has 1 amide bonds. The maximum atomic E-state index is 12.9. The van der Waals surface area contributed by atoms with Gasteiger partial charge in [0, 0.05) is 6.42 Å². The van der Waals surface area contributed by atoms with E-state index in [4.69, 9.17) is 9.05 Å². The van der Waals surface area contributed by atoms with Crippen LogP contribution in [0.25, 0.3) is 0 Å². The summed E-state index contributed by atoms with van der Waals surface area (Å²) in [4.78, 5) is 23.2. The number of unbranched alkanes of at least 4 members (excludes halogenated alkanes) is 37. The number of aliphatic hydroxyl groups is 1. The van der Waals surface area contributed by atoms with E-state index in [0.29, 0.717) is 23.9 Å². The summed E-state index contributed by atoms with van der Waals surface area (Å²) in [5.41, 5.74) is 0. The molecule has 1 unspecified atom stereocenters. The monoisotopic (exact) mass is 888 g/mol. The molecule has 0 aromatic carbocycles. The van der Waals surface area contributed by atoms with E-state index < -0.39 is 20.0 Å². The number of nitrogens with zero attached hydrogens (tertiary/aromatic N) is 1. The summed E-state index contributed by atoms with van der Waals surface area (Å²) in [5.74, 6) is -0.139. The number of carbonyl (C=O) groups excluding carboxylic acids is 1. The Morgan fingerprint density at radius 3 is 1.10 bits per heavy atom. The Morgan fingerprint density at radius 2 is 0.787 bits per heavy atom. The highest BCUT2D eigenvalue weighted by Crippen LogP contribution is 2.43. The molecule has 0 aromatic heterocycles. The number of aliphatic hydroxyl groups excluding tert-OH is 1. The van der Waals surface area contributed by atoms with E-state index in [1.165, 1.54) is 212 Å². The van der Waals surface area contributed by atoms with Gasteiger partial charge in [-0.3, -0.25) is 13.8 Å². The highest BCUT2D eigenvalue weighted by Gasteiger charge is 2.28. The normalized spacial score (nSPS) is 14.0. The molecule has 8 nitrogen and oxygen atoms in total. The first-order valence-electron chi connectivity index (χ1n) is 26.9. The smallest absolute Gasteiger partial charge is 0.391 e. The number of amides is 1. The van der Waals surface area contributed by atoms with E-state index in [1.807, 2.05) is 21.1 Å². The third kappa shape index (κ3) is 47.3. The number of carbonyl (C=O) groups is 1. The fourth-order valence-electron chi connectivity index (χ4n) is 8.34. The van der Waals surface area contributed by atoms with Gasteiger partial charge >= 0.3 is 7.82 Å². The molecule has 61 heavy (non-hydrogen) atoms. The summed E-state index contributed by atoms with van der Waals surface area (Å²) in [6.07, 6.45) is 51.6. The van der Waals surface area contributed by atoms with Gasteiger partial charge in [0.25, 0.3) is 0 Å². The molecule has 366 valence electrons. The number of phosphoric ester groups is 1. The Bertz CT molecular complexity index is 963. The number of nitrogens with one attached hydrogen (secondary N) is 1. The highest BCUT2D eigenvalue weighted by atomic mass is 31.2. The van der Waals surface area contributed by atoms with Gasteiger partial charge < -0.3 is 19.8 Å². The Kier molecular flexibility index (Phi) is 44.3. The van der Waals surface area contributed by atoms with Crippen molar-refractivity contribution in [3.8, 4) is 0 Å². The van der Waals surface area contributed by atoms with Crippen LogP contribution >= 0.6 is 7.82 Å². The van der Waals surface area contributed by atoms with Gasteiger partial charge in [-0.05, 0) is 12.8 Å². The molecule has 0 bridgehead atoms. The minimum Gasteiger partial charge on any atom is -0.391 e. The Hall–Kier alpha value is -0.500. The summed E-state index contributed by atoms with van der Waals surface area (Å²) >= 11 is 0. The van der Waals surface area contributed by atoms with E-state index in [0.717, 1.165) is 38.5 Å². The van der Waals surface area contributed by atoms with Crippen LogP contribution in [0.5, 0.6) is 0 Å². The van der Waals surface area contributed by atoms with E-state index >= 15 is 0 Å². The number of phosphoric acid groups is 1. The van der Waals surface area contributed by atoms with Crippen molar-refractivity contribution in [2.75, 3.05) is 40.9 Å². The van der Waals surface area contributed by atoms with Crippen molar-refractivity contribution in [3.05, 3.63) is 0 Å². The molecular weight excluding hydrogens is 780 g/mol. The number of rotatable bonds is 50. The second-order valence-corrected chi connectivity index (χ2v) is 21.4. The van der Waals surface area contributed by atoms with Crippen molar-refractivity contribution in [2.45, 2.75) is 289 Å². The lowest BCUT2D eigenvalue weighted by Crippen LogP contribution is -2.46. The lowest BCUT2D eigenvalue weighted by atomic mass is 10.0. The molecule has 0 spiro atoms. The van der Waals surface area contributed by atoms with Crippen LogP contribution < -0.4 is 5.32 Å². The zero-order chi connectivity index (χ0) is 45.0. The minimum absolute atomic E-state index is 0.0786. The molecule has 0 fully saturated rings. The number of hydrogen-bond acceptors (Lipinski definition) is 5. The van der Waals surface area contributed by atoms with Gasteiger partial charge in [0.15, 0.2) is 0 Å². The lowest BCUT2D eigenvalue weighted by Gasteiger charge is -2.26. The Balaban J connectivity index is 3.99. The molecule has 3 atom stereocenters. The van der Waals surface area contributed by atoms with Gasteiger partial charge in [-0.1, -0.05) is 258 Å². The van der Waals surface area contributed by atoms with Gasteiger partial charge in [-0.15, -0.1) is 0 Å². The second-order valence-electron chi connectivity index (χ2n) is 20.0. The predicted molar refractivity (Wildman–Crippen MR) is 263 cm³/mol. The zero-order valence-electron chi connectivity index (χ0n) is 41.7. The van der Waals surface area contributed by atoms with E-state index in [-0.39, 0.29) is 19.1 Å². The first-order valence-corrected chi connectivity index (χ1v) is 28.4. The van der Waals surface area contributed by atoms with Crippen molar-refractivity contribution in [1.29, 1.82) is 0 Å². The van der Waals surface area contributed by atoms with Crippen LogP contribution in [-0.2, 0) is 18.4 Å². The summed E-state index contributed by atoms with van der Waals surface area (Å²) in [5, 5.41) is 14.0. The first-order chi connectivity index (χ1) is 29.5.